The Bertz CT molecular complexity index is 740. The van der Waals surface area contributed by atoms with Gasteiger partial charge in [0.1, 0.15) is 0 Å². The van der Waals surface area contributed by atoms with Gasteiger partial charge in [0.15, 0.2) is 0 Å². The molecule has 0 atom stereocenters. The Morgan fingerprint density at radius 1 is 0.692 bits per heavy atom. The van der Waals surface area contributed by atoms with Gasteiger partial charge in [-0.1, -0.05) is 88.4 Å². The topological polar surface area (TPSA) is 0 Å². The van der Waals surface area contributed by atoms with E-state index in [9.17, 15) is 0 Å². The Hall–Kier alpha value is -0.626. The molecule has 0 N–H and O–H groups in total. The van der Waals surface area contributed by atoms with Gasteiger partial charge >= 0.3 is 21.7 Å². The standard InChI is InChI=1S/C22H23.3ClH.Ti/c1-16-15-17(2)21(18(16)3)22(4,19-11-7-5-8-12-19)20-13-9-6-10-14-20;;;;/h5-15H,1-4H3;3*1H;/q-1;;;;+4/p-3. The fourth-order valence-corrected chi connectivity index (χ4v) is 3.77. The summed E-state index contributed by atoms with van der Waals surface area (Å²) in [6, 6.07) is 24.0. The van der Waals surface area contributed by atoms with Crippen LogP contribution in [0.2, 0.25) is 0 Å². The molecule has 3 aromatic rings. The van der Waals surface area contributed by atoms with Gasteiger partial charge in [0.25, 0.3) is 0 Å². The molecule has 0 aliphatic carbocycles. The van der Waals surface area contributed by atoms with Crippen molar-refractivity contribution in [3.05, 3.63) is 100 Å². The maximum atomic E-state index is 2.35. The van der Waals surface area contributed by atoms with Gasteiger partial charge in [-0.3, -0.25) is 0 Å². The Balaban J connectivity index is 0. The van der Waals surface area contributed by atoms with Crippen molar-refractivity contribution in [2.24, 2.45) is 0 Å². The first-order chi connectivity index (χ1) is 10.5. The van der Waals surface area contributed by atoms with Crippen LogP contribution in [-0.2, 0) is 27.1 Å². The van der Waals surface area contributed by atoms with Crippen molar-refractivity contribution in [3.63, 3.8) is 0 Å². The first-order valence-electron chi connectivity index (χ1n) is 7.90. The molecule has 0 saturated carbocycles. The molecule has 0 fully saturated rings. The van der Waals surface area contributed by atoms with Gasteiger partial charge in [0.2, 0.25) is 0 Å². The molecule has 0 amide bonds. The summed E-state index contributed by atoms with van der Waals surface area (Å²) in [6.07, 6.45) is 0. The van der Waals surface area contributed by atoms with Crippen molar-refractivity contribution in [3.8, 4) is 0 Å². The molecule has 0 radical (unpaired) electrons. The minimum atomic E-state index is -0.120. The molecule has 0 spiro atoms. The van der Waals surface area contributed by atoms with Gasteiger partial charge in [-0.05, 0) is 16.5 Å². The van der Waals surface area contributed by atoms with E-state index in [4.69, 9.17) is 0 Å². The Morgan fingerprint density at radius 3 is 1.38 bits per heavy atom. The second kappa shape index (κ2) is 11.3. The van der Waals surface area contributed by atoms with E-state index in [0.29, 0.717) is 0 Å². The smallest absolute Gasteiger partial charge is 1.00 e. The molecule has 26 heavy (non-hydrogen) atoms. The van der Waals surface area contributed by atoms with Crippen LogP contribution in [-0.4, -0.2) is 0 Å². The van der Waals surface area contributed by atoms with Crippen molar-refractivity contribution in [1.82, 2.24) is 0 Å². The second-order valence-corrected chi connectivity index (χ2v) is 6.37. The summed E-state index contributed by atoms with van der Waals surface area (Å²) in [4.78, 5) is 0. The van der Waals surface area contributed by atoms with Crippen LogP contribution in [0.4, 0.5) is 0 Å². The fourth-order valence-electron chi connectivity index (χ4n) is 3.77. The second-order valence-electron chi connectivity index (χ2n) is 6.37. The summed E-state index contributed by atoms with van der Waals surface area (Å²) in [5.41, 5.74) is 8.19. The quantitative estimate of drug-likeness (QED) is 0.295. The van der Waals surface area contributed by atoms with E-state index in [-0.39, 0.29) is 64.4 Å². The van der Waals surface area contributed by atoms with E-state index < -0.39 is 0 Å². The predicted molar refractivity (Wildman–Crippen MR) is 94.7 cm³/mol. The summed E-state index contributed by atoms with van der Waals surface area (Å²) in [5.74, 6) is 0. The Labute approximate surface area is 191 Å². The van der Waals surface area contributed by atoms with Crippen LogP contribution in [0, 0.1) is 20.8 Å². The van der Waals surface area contributed by atoms with E-state index in [1.165, 1.54) is 33.4 Å². The van der Waals surface area contributed by atoms with Gasteiger partial charge < -0.3 is 37.2 Å². The maximum Gasteiger partial charge on any atom is 4.00 e. The van der Waals surface area contributed by atoms with Gasteiger partial charge in [0, 0.05) is 0 Å². The van der Waals surface area contributed by atoms with Crippen molar-refractivity contribution in [1.29, 1.82) is 0 Å². The van der Waals surface area contributed by atoms with E-state index in [0.717, 1.165) is 0 Å². The van der Waals surface area contributed by atoms with E-state index in [2.05, 4.69) is 94.4 Å². The zero-order valence-corrected chi connectivity index (χ0v) is 19.3. The SMILES string of the molecule is Cc1cc(C)[c-](C(C)(c2ccccc2)c2ccccc2)c1C.[Cl-].[Cl-].[Cl-].[Ti+4]. The molecule has 0 aliphatic heterocycles. The third kappa shape index (κ3) is 4.80. The average molecular weight is 442 g/mol. The third-order valence-electron chi connectivity index (χ3n) is 5.00. The van der Waals surface area contributed by atoms with Crippen LogP contribution in [0.25, 0.3) is 0 Å². The number of benzene rings is 2. The molecule has 136 valence electrons. The Kier molecular flexibility index (Phi) is 12.0. The van der Waals surface area contributed by atoms with Crippen LogP contribution in [0.15, 0.2) is 66.7 Å². The van der Waals surface area contributed by atoms with Gasteiger partial charge in [-0.2, -0.15) is 16.7 Å². The first kappa shape index (κ1) is 27.6. The summed E-state index contributed by atoms with van der Waals surface area (Å²) >= 11 is 0. The third-order valence-corrected chi connectivity index (χ3v) is 5.00. The molecular formula is C22H23Cl3Ti. The molecule has 0 aliphatic rings. The fraction of sp³-hybridized carbons (Fsp3) is 0.227. The molecule has 0 aromatic heterocycles. The van der Waals surface area contributed by atoms with E-state index in [1.807, 2.05) is 0 Å². The van der Waals surface area contributed by atoms with Crippen LogP contribution >= 0.6 is 0 Å². The minimum absolute atomic E-state index is 0. The zero-order valence-electron chi connectivity index (χ0n) is 15.5. The molecule has 0 heterocycles. The van der Waals surface area contributed by atoms with Crippen molar-refractivity contribution >= 4 is 0 Å². The summed E-state index contributed by atoms with van der Waals surface area (Å²) in [7, 11) is 0. The van der Waals surface area contributed by atoms with Gasteiger partial charge in [-0.15, -0.1) is 5.56 Å². The molecule has 0 bridgehead atoms. The number of hydrogen-bond acceptors (Lipinski definition) is 0. The number of rotatable bonds is 3. The summed E-state index contributed by atoms with van der Waals surface area (Å²) < 4.78 is 0. The van der Waals surface area contributed by atoms with Crippen molar-refractivity contribution in [2.75, 3.05) is 0 Å². The van der Waals surface area contributed by atoms with Crippen molar-refractivity contribution in [2.45, 2.75) is 33.1 Å². The predicted octanol–water partition coefficient (Wildman–Crippen LogP) is -3.31. The summed E-state index contributed by atoms with van der Waals surface area (Å²) in [5, 5.41) is 0. The molecule has 3 aromatic carbocycles. The number of aryl methyl sites for hydroxylation is 2. The van der Waals surface area contributed by atoms with Gasteiger partial charge in [-0.25, -0.2) is 6.07 Å². The number of halogens is 3. The van der Waals surface area contributed by atoms with E-state index in [1.54, 1.807) is 0 Å². The molecule has 0 unspecified atom stereocenters. The van der Waals surface area contributed by atoms with Crippen molar-refractivity contribution < 1.29 is 58.9 Å². The molecular weight excluding hydrogens is 418 g/mol. The minimum Gasteiger partial charge on any atom is -1.00 e. The molecule has 3 rings (SSSR count). The monoisotopic (exact) mass is 440 g/mol. The maximum absolute atomic E-state index is 2.35. The Morgan fingerprint density at radius 2 is 1.08 bits per heavy atom. The largest absolute Gasteiger partial charge is 4.00 e. The van der Waals surface area contributed by atoms with Crippen LogP contribution in [0.1, 0.15) is 40.3 Å². The normalized spacial score (nSPS) is 9.85. The van der Waals surface area contributed by atoms with Gasteiger partial charge in [0.05, 0.1) is 0 Å². The molecule has 0 saturated heterocycles. The van der Waals surface area contributed by atoms with Crippen LogP contribution in [0.5, 0.6) is 0 Å². The number of hydrogen-bond donors (Lipinski definition) is 0. The first-order valence-corrected chi connectivity index (χ1v) is 7.90. The zero-order chi connectivity index (χ0) is 15.7. The van der Waals surface area contributed by atoms with Crippen LogP contribution < -0.4 is 37.2 Å². The van der Waals surface area contributed by atoms with Crippen LogP contribution in [0.3, 0.4) is 0 Å². The molecule has 0 nitrogen and oxygen atoms in total. The average Bonchev–Trinajstić information content (AvgIpc) is 2.81. The summed E-state index contributed by atoms with van der Waals surface area (Å²) in [6.45, 7) is 9.05. The van der Waals surface area contributed by atoms with E-state index >= 15 is 0 Å². The molecule has 4 heteroatoms.